The van der Waals surface area contributed by atoms with E-state index in [0.29, 0.717) is 16.8 Å². The summed E-state index contributed by atoms with van der Waals surface area (Å²) in [6.07, 6.45) is 1.27. The smallest absolute Gasteiger partial charge is 0.264 e. The Morgan fingerprint density at radius 1 is 1.16 bits per heavy atom. The highest BCUT2D eigenvalue weighted by Gasteiger charge is 2.50. The molecule has 25 heavy (non-hydrogen) atoms. The molecule has 4 nitrogen and oxygen atoms in total. The van der Waals surface area contributed by atoms with E-state index in [4.69, 9.17) is 0 Å². The van der Waals surface area contributed by atoms with Crippen LogP contribution in [0.3, 0.4) is 0 Å². The van der Waals surface area contributed by atoms with Crippen LogP contribution >= 0.6 is 31.9 Å². The first-order valence-corrected chi connectivity index (χ1v) is 9.19. The summed E-state index contributed by atoms with van der Waals surface area (Å²) >= 11 is 6.68. The minimum absolute atomic E-state index is 0.266. The van der Waals surface area contributed by atoms with E-state index in [2.05, 4.69) is 38.4 Å². The molecule has 1 amide bonds. The van der Waals surface area contributed by atoms with E-state index in [-0.39, 0.29) is 18.7 Å². The number of aliphatic hydroxyl groups is 1. The molecule has 0 bridgehead atoms. The minimum Gasteiger partial charge on any atom is -0.375 e. The quantitative estimate of drug-likeness (QED) is 0.532. The molecule has 2 aromatic carbocycles. The van der Waals surface area contributed by atoms with Gasteiger partial charge < -0.3 is 10.0 Å². The Morgan fingerprint density at radius 3 is 2.44 bits per heavy atom. The van der Waals surface area contributed by atoms with Crippen LogP contribution in [0.15, 0.2) is 64.1 Å². The molecule has 0 unspecified atom stereocenters. The summed E-state index contributed by atoms with van der Waals surface area (Å²) in [6.45, 7) is 3.92. The molecule has 0 saturated heterocycles. The Morgan fingerprint density at radius 2 is 1.80 bits per heavy atom. The molecule has 0 aliphatic carbocycles. The Labute approximate surface area is 162 Å². The maximum atomic E-state index is 12.9. The first-order valence-electron chi connectivity index (χ1n) is 7.61. The van der Waals surface area contributed by atoms with Crippen molar-refractivity contribution < 1.29 is 14.7 Å². The number of hydrogen-bond acceptors (Lipinski definition) is 3. The highest BCUT2D eigenvalue weighted by molar-refractivity contribution is 9.10. The molecule has 6 heteroatoms. The molecule has 1 aliphatic heterocycles. The van der Waals surface area contributed by atoms with E-state index in [1.807, 2.05) is 0 Å². The lowest BCUT2D eigenvalue weighted by Gasteiger charge is -2.22. The van der Waals surface area contributed by atoms with Gasteiger partial charge in [-0.3, -0.25) is 9.59 Å². The van der Waals surface area contributed by atoms with Gasteiger partial charge in [0, 0.05) is 26.6 Å². The summed E-state index contributed by atoms with van der Waals surface area (Å²) in [4.78, 5) is 27.0. The van der Waals surface area contributed by atoms with Crippen LogP contribution in [0.2, 0.25) is 0 Å². The number of carbonyl (C=O) groups is 2. The zero-order chi connectivity index (χ0) is 18.2. The molecule has 0 saturated carbocycles. The fourth-order valence-electron chi connectivity index (χ4n) is 2.97. The molecular weight excluding hydrogens is 450 g/mol. The summed E-state index contributed by atoms with van der Waals surface area (Å²) in [5.74, 6) is -0.805. The Balaban J connectivity index is 2.00. The lowest BCUT2D eigenvalue weighted by atomic mass is 9.88. The van der Waals surface area contributed by atoms with Gasteiger partial charge in [0.05, 0.1) is 12.1 Å². The molecule has 1 aliphatic rings. The number of halogens is 2. The van der Waals surface area contributed by atoms with Crippen molar-refractivity contribution in [2.24, 2.45) is 0 Å². The summed E-state index contributed by atoms with van der Waals surface area (Å²) in [6, 6.07) is 12.1. The number of anilines is 1. The standard InChI is InChI=1S/C19H15Br2NO3/c1-2-9-22-16-8-7-14(21)10-15(16)19(25,18(22)24)11-17(23)12-3-5-13(20)6-4-12/h2-8,10,25H,1,9,11H2/t19-/m0/s1. The number of Topliss-reactive ketones (excluding diaryl/α,β-unsaturated/α-hetero) is 1. The van der Waals surface area contributed by atoms with E-state index in [1.165, 1.54) is 4.90 Å². The first kappa shape index (κ1) is 18.0. The number of hydrogen-bond donors (Lipinski definition) is 1. The van der Waals surface area contributed by atoms with Gasteiger partial charge in [-0.25, -0.2) is 0 Å². The second-order valence-corrected chi connectivity index (χ2v) is 7.66. The molecule has 1 heterocycles. The van der Waals surface area contributed by atoms with Crippen molar-refractivity contribution in [2.75, 3.05) is 11.4 Å². The molecule has 1 atom stereocenters. The van der Waals surface area contributed by atoms with Crippen LogP contribution in [0, 0.1) is 0 Å². The van der Waals surface area contributed by atoms with Gasteiger partial charge >= 0.3 is 0 Å². The Bertz CT molecular complexity index is 863. The number of ketones is 1. The van der Waals surface area contributed by atoms with Gasteiger partial charge in [0.25, 0.3) is 5.91 Å². The van der Waals surface area contributed by atoms with Crippen LogP contribution in [-0.4, -0.2) is 23.3 Å². The van der Waals surface area contributed by atoms with Gasteiger partial charge in [0.2, 0.25) is 0 Å². The molecular formula is C19H15Br2NO3. The third kappa shape index (κ3) is 3.21. The average Bonchev–Trinajstić information content (AvgIpc) is 2.77. The van der Waals surface area contributed by atoms with Crippen molar-refractivity contribution in [3.8, 4) is 0 Å². The minimum atomic E-state index is -1.88. The average molecular weight is 465 g/mol. The van der Waals surface area contributed by atoms with Crippen molar-refractivity contribution in [3.05, 3.63) is 75.2 Å². The number of fused-ring (bicyclic) bond motifs is 1. The van der Waals surface area contributed by atoms with Gasteiger partial charge in [-0.05, 0) is 30.3 Å². The second-order valence-electron chi connectivity index (χ2n) is 5.83. The summed E-state index contributed by atoms with van der Waals surface area (Å²) in [5, 5.41) is 11.1. The van der Waals surface area contributed by atoms with E-state index >= 15 is 0 Å². The van der Waals surface area contributed by atoms with Gasteiger partial charge in [0.15, 0.2) is 11.4 Å². The summed E-state index contributed by atoms with van der Waals surface area (Å²) in [5.41, 5.74) is -0.409. The number of nitrogens with zero attached hydrogens (tertiary/aromatic N) is 1. The predicted molar refractivity (Wildman–Crippen MR) is 104 cm³/mol. The second kappa shape index (κ2) is 6.86. The van der Waals surface area contributed by atoms with Gasteiger partial charge in [0.1, 0.15) is 0 Å². The van der Waals surface area contributed by atoms with E-state index in [0.717, 1.165) is 8.95 Å². The number of amides is 1. The third-order valence-corrected chi connectivity index (χ3v) is 5.21. The molecule has 128 valence electrons. The van der Waals surface area contributed by atoms with Gasteiger partial charge in [-0.1, -0.05) is 50.1 Å². The van der Waals surface area contributed by atoms with Crippen LogP contribution < -0.4 is 4.90 Å². The monoisotopic (exact) mass is 463 g/mol. The largest absolute Gasteiger partial charge is 0.375 e. The maximum absolute atomic E-state index is 12.9. The Hall–Kier alpha value is -1.76. The van der Waals surface area contributed by atoms with E-state index in [1.54, 1.807) is 48.5 Å². The van der Waals surface area contributed by atoms with Crippen LogP contribution in [0.1, 0.15) is 22.3 Å². The Kier molecular flexibility index (Phi) is 4.95. The fourth-order valence-corrected chi connectivity index (χ4v) is 3.60. The number of carbonyl (C=O) groups excluding carboxylic acids is 2. The molecule has 2 aromatic rings. The van der Waals surface area contributed by atoms with Gasteiger partial charge in [-0.15, -0.1) is 6.58 Å². The van der Waals surface area contributed by atoms with Crippen LogP contribution in [-0.2, 0) is 10.4 Å². The molecule has 0 fully saturated rings. The highest BCUT2D eigenvalue weighted by atomic mass is 79.9. The van der Waals surface area contributed by atoms with Crippen LogP contribution in [0.25, 0.3) is 0 Å². The topological polar surface area (TPSA) is 57.6 Å². The molecule has 0 aromatic heterocycles. The van der Waals surface area contributed by atoms with Crippen LogP contribution in [0.5, 0.6) is 0 Å². The van der Waals surface area contributed by atoms with Crippen molar-refractivity contribution in [1.82, 2.24) is 0 Å². The molecule has 3 rings (SSSR count). The summed E-state index contributed by atoms with van der Waals surface area (Å²) in [7, 11) is 0. The zero-order valence-electron chi connectivity index (χ0n) is 13.2. The normalized spacial score (nSPS) is 19.0. The maximum Gasteiger partial charge on any atom is 0.264 e. The third-order valence-electron chi connectivity index (χ3n) is 4.19. The fraction of sp³-hybridized carbons (Fsp3) is 0.158. The van der Waals surface area contributed by atoms with Crippen molar-refractivity contribution >= 4 is 49.2 Å². The molecule has 0 spiro atoms. The molecule has 1 N–H and O–H groups in total. The number of benzene rings is 2. The zero-order valence-corrected chi connectivity index (χ0v) is 16.4. The van der Waals surface area contributed by atoms with Crippen LogP contribution in [0.4, 0.5) is 5.69 Å². The van der Waals surface area contributed by atoms with Crippen molar-refractivity contribution in [3.63, 3.8) is 0 Å². The van der Waals surface area contributed by atoms with Crippen molar-refractivity contribution in [1.29, 1.82) is 0 Å². The predicted octanol–water partition coefficient (Wildman–Crippen LogP) is 4.20. The number of rotatable bonds is 5. The van der Waals surface area contributed by atoms with Crippen molar-refractivity contribution in [2.45, 2.75) is 12.0 Å². The lowest BCUT2D eigenvalue weighted by molar-refractivity contribution is -0.135. The first-order chi connectivity index (χ1) is 11.9. The van der Waals surface area contributed by atoms with E-state index in [9.17, 15) is 14.7 Å². The summed E-state index contributed by atoms with van der Waals surface area (Å²) < 4.78 is 1.58. The molecule has 0 radical (unpaired) electrons. The highest BCUT2D eigenvalue weighted by Crippen LogP contribution is 2.44. The van der Waals surface area contributed by atoms with E-state index < -0.39 is 11.5 Å². The SMILES string of the molecule is C=CCN1C(=O)[C@](O)(CC(=O)c2ccc(Br)cc2)c2cc(Br)ccc21. The lowest BCUT2D eigenvalue weighted by Crippen LogP contribution is -2.41. The van der Waals surface area contributed by atoms with Gasteiger partial charge in [-0.2, -0.15) is 0 Å².